The first-order valence-electron chi connectivity index (χ1n) is 5.12. The van der Waals surface area contributed by atoms with Crippen LogP contribution in [0.15, 0.2) is 11.6 Å². The molecule has 4 nitrogen and oxygen atoms in total. The highest BCUT2D eigenvalue weighted by Gasteiger charge is 2.35. The van der Waals surface area contributed by atoms with Gasteiger partial charge in [-0.3, -0.25) is 9.59 Å². The van der Waals surface area contributed by atoms with Gasteiger partial charge in [-0.15, -0.1) is 0 Å². The second kappa shape index (κ2) is 4.47. The van der Waals surface area contributed by atoms with Crippen molar-refractivity contribution in [3.8, 4) is 0 Å². The summed E-state index contributed by atoms with van der Waals surface area (Å²) >= 11 is 0. The number of nitrogens with zero attached hydrogens (tertiary/aromatic N) is 1. The van der Waals surface area contributed by atoms with Gasteiger partial charge >= 0.3 is 5.97 Å². The number of carbonyl (C=O) groups excluding carboxylic acids is 1. The van der Waals surface area contributed by atoms with Crippen LogP contribution in [-0.4, -0.2) is 34.5 Å². The van der Waals surface area contributed by atoms with Crippen molar-refractivity contribution in [2.75, 3.05) is 6.54 Å². The molecule has 1 aliphatic rings. The smallest absolute Gasteiger partial charge is 0.312 e. The molecule has 0 aromatic carbocycles. The van der Waals surface area contributed by atoms with E-state index in [0.717, 1.165) is 5.57 Å². The maximum atomic E-state index is 11.2. The first-order valence-corrected chi connectivity index (χ1v) is 5.12. The monoisotopic (exact) mass is 211 g/mol. The van der Waals surface area contributed by atoms with Crippen LogP contribution in [0.3, 0.4) is 0 Å². The molecule has 0 aliphatic carbocycles. The van der Waals surface area contributed by atoms with Crippen molar-refractivity contribution in [3.05, 3.63) is 11.6 Å². The summed E-state index contributed by atoms with van der Waals surface area (Å²) < 4.78 is 0. The fourth-order valence-corrected chi connectivity index (χ4v) is 1.71. The lowest BCUT2D eigenvalue weighted by Gasteiger charge is -2.39. The minimum Gasteiger partial charge on any atom is -0.481 e. The summed E-state index contributed by atoms with van der Waals surface area (Å²) in [6.45, 7) is 5.83. The standard InChI is InChI=1S/C11H17NO3/c1-4-7(2)9(11(14)15)6-12-8(3)5-10(12)13/h4,8-9H,5-6H2,1-3H3,(H,14,15)/b7-4+/t8-,9-/m1/s1. The highest BCUT2D eigenvalue weighted by molar-refractivity contribution is 5.84. The first-order chi connectivity index (χ1) is 6.97. The van der Waals surface area contributed by atoms with Crippen molar-refractivity contribution in [3.63, 3.8) is 0 Å². The Hall–Kier alpha value is -1.32. The van der Waals surface area contributed by atoms with Gasteiger partial charge in [0.05, 0.1) is 5.92 Å². The molecule has 0 unspecified atom stereocenters. The van der Waals surface area contributed by atoms with Gasteiger partial charge in [-0.25, -0.2) is 0 Å². The van der Waals surface area contributed by atoms with Crippen LogP contribution < -0.4 is 0 Å². The van der Waals surface area contributed by atoms with Crippen molar-refractivity contribution in [1.29, 1.82) is 0 Å². The van der Waals surface area contributed by atoms with Crippen LogP contribution in [-0.2, 0) is 9.59 Å². The van der Waals surface area contributed by atoms with Crippen molar-refractivity contribution < 1.29 is 14.7 Å². The number of β-lactam (4-membered cyclic amide) rings is 1. The van der Waals surface area contributed by atoms with E-state index in [1.54, 1.807) is 17.9 Å². The topological polar surface area (TPSA) is 57.6 Å². The molecule has 1 fully saturated rings. The molecule has 84 valence electrons. The molecule has 0 saturated carbocycles. The molecule has 1 rings (SSSR count). The summed E-state index contributed by atoms with van der Waals surface area (Å²) in [6, 6.07) is 0.184. The summed E-state index contributed by atoms with van der Waals surface area (Å²) in [4.78, 5) is 23.9. The molecule has 0 radical (unpaired) electrons. The quantitative estimate of drug-likeness (QED) is 0.563. The van der Waals surface area contributed by atoms with Gasteiger partial charge in [-0.05, 0) is 20.8 Å². The summed E-state index contributed by atoms with van der Waals surface area (Å²) in [7, 11) is 0. The molecule has 1 N–H and O–H groups in total. The van der Waals surface area contributed by atoms with E-state index in [4.69, 9.17) is 5.11 Å². The Balaban J connectivity index is 2.67. The predicted octanol–water partition coefficient (Wildman–Crippen LogP) is 1.27. The molecule has 1 aliphatic heterocycles. The van der Waals surface area contributed by atoms with Gasteiger partial charge in [0.1, 0.15) is 0 Å². The first kappa shape index (κ1) is 11.8. The molecule has 0 aromatic rings. The third kappa shape index (κ3) is 2.37. The summed E-state index contributed by atoms with van der Waals surface area (Å²) in [5.41, 5.74) is 0.800. The molecule has 1 heterocycles. The number of carbonyl (C=O) groups is 2. The average Bonchev–Trinajstić information content (AvgIpc) is 2.17. The number of rotatable bonds is 4. The molecule has 15 heavy (non-hydrogen) atoms. The lowest BCUT2D eigenvalue weighted by atomic mass is 9.95. The number of carboxylic acids is 1. The third-order valence-electron chi connectivity index (χ3n) is 3.00. The summed E-state index contributed by atoms with van der Waals surface area (Å²) in [6.07, 6.45) is 2.33. The molecule has 0 aromatic heterocycles. The number of likely N-dealkylation sites (tertiary alicyclic amines) is 1. The number of carboxylic acid groups (broad SMARTS) is 1. The molecular weight excluding hydrogens is 194 g/mol. The number of allylic oxidation sites excluding steroid dienone is 1. The van der Waals surface area contributed by atoms with Crippen LogP contribution in [0.25, 0.3) is 0 Å². The maximum absolute atomic E-state index is 11.2. The van der Waals surface area contributed by atoms with Gasteiger partial charge in [0, 0.05) is 19.0 Å². The average molecular weight is 211 g/mol. The third-order valence-corrected chi connectivity index (χ3v) is 3.00. The Morgan fingerprint density at radius 2 is 2.33 bits per heavy atom. The van der Waals surface area contributed by atoms with Crippen LogP contribution >= 0.6 is 0 Å². The predicted molar refractivity (Wildman–Crippen MR) is 56.3 cm³/mol. The van der Waals surface area contributed by atoms with E-state index in [1.165, 1.54) is 0 Å². The highest BCUT2D eigenvalue weighted by Crippen LogP contribution is 2.22. The van der Waals surface area contributed by atoms with E-state index >= 15 is 0 Å². The molecule has 1 saturated heterocycles. The molecule has 1 amide bonds. The zero-order valence-electron chi connectivity index (χ0n) is 9.36. The zero-order valence-corrected chi connectivity index (χ0v) is 9.36. The Morgan fingerprint density at radius 3 is 2.67 bits per heavy atom. The van der Waals surface area contributed by atoms with Crippen LogP contribution in [0.4, 0.5) is 0 Å². The van der Waals surface area contributed by atoms with Crippen LogP contribution in [0, 0.1) is 5.92 Å². The van der Waals surface area contributed by atoms with Crippen molar-refractivity contribution in [2.24, 2.45) is 5.92 Å². The van der Waals surface area contributed by atoms with Crippen molar-refractivity contribution in [1.82, 2.24) is 4.90 Å². The van der Waals surface area contributed by atoms with E-state index in [-0.39, 0.29) is 11.9 Å². The van der Waals surface area contributed by atoms with Crippen molar-refractivity contribution >= 4 is 11.9 Å². The lowest BCUT2D eigenvalue weighted by molar-refractivity contribution is -0.149. The van der Waals surface area contributed by atoms with Gasteiger partial charge in [-0.1, -0.05) is 11.6 Å². The van der Waals surface area contributed by atoms with E-state index < -0.39 is 11.9 Å². The molecule has 0 bridgehead atoms. The van der Waals surface area contributed by atoms with E-state index in [1.807, 2.05) is 13.8 Å². The largest absolute Gasteiger partial charge is 0.481 e. The second-order valence-electron chi connectivity index (χ2n) is 4.02. The van der Waals surface area contributed by atoms with Gasteiger partial charge in [-0.2, -0.15) is 0 Å². The van der Waals surface area contributed by atoms with Crippen molar-refractivity contribution in [2.45, 2.75) is 33.2 Å². The highest BCUT2D eigenvalue weighted by atomic mass is 16.4. The fraction of sp³-hybridized carbons (Fsp3) is 0.636. The lowest BCUT2D eigenvalue weighted by Crippen LogP contribution is -2.53. The Morgan fingerprint density at radius 1 is 1.73 bits per heavy atom. The van der Waals surface area contributed by atoms with Gasteiger partial charge in [0.15, 0.2) is 0 Å². The number of aliphatic carboxylic acids is 1. The molecule has 0 spiro atoms. The van der Waals surface area contributed by atoms with E-state index in [0.29, 0.717) is 13.0 Å². The molecule has 2 atom stereocenters. The SMILES string of the molecule is C/C=C(\C)[C@@H](CN1C(=O)C[C@H]1C)C(=O)O. The normalized spacial score (nSPS) is 23.7. The molecule has 4 heteroatoms. The zero-order chi connectivity index (χ0) is 11.6. The number of amides is 1. The number of hydrogen-bond donors (Lipinski definition) is 1. The summed E-state index contributed by atoms with van der Waals surface area (Å²) in [5.74, 6) is -1.38. The van der Waals surface area contributed by atoms with Gasteiger partial charge < -0.3 is 10.0 Å². The summed E-state index contributed by atoms with van der Waals surface area (Å²) in [5, 5.41) is 9.04. The maximum Gasteiger partial charge on any atom is 0.312 e. The van der Waals surface area contributed by atoms with Gasteiger partial charge in [0.2, 0.25) is 5.91 Å². The minimum atomic E-state index is -0.863. The van der Waals surface area contributed by atoms with Gasteiger partial charge in [0.25, 0.3) is 0 Å². The molecular formula is C11H17NO3. The Kier molecular flexibility index (Phi) is 3.50. The minimum absolute atomic E-state index is 0.0534. The van der Waals surface area contributed by atoms with Crippen LogP contribution in [0.5, 0.6) is 0 Å². The fourth-order valence-electron chi connectivity index (χ4n) is 1.71. The van der Waals surface area contributed by atoms with Crippen LogP contribution in [0.2, 0.25) is 0 Å². The Bertz CT molecular complexity index is 309. The second-order valence-corrected chi connectivity index (χ2v) is 4.02. The Labute approximate surface area is 89.6 Å². The van der Waals surface area contributed by atoms with Crippen LogP contribution in [0.1, 0.15) is 27.2 Å². The van der Waals surface area contributed by atoms with E-state index in [9.17, 15) is 9.59 Å². The van der Waals surface area contributed by atoms with E-state index in [2.05, 4.69) is 0 Å². The number of hydrogen-bond acceptors (Lipinski definition) is 2.